The van der Waals surface area contributed by atoms with Crippen molar-refractivity contribution in [1.29, 1.82) is 0 Å². The highest BCUT2D eigenvalue weighted by molar-refractivity contribution is 6.47. The minimum absolute atomic E-state index is 0.140. The Labute approximate surface area is 154 Å². The molecule has 0 radical (unpaired) electrons. The van der Waals surface area contributed by atoms with Crippen LogP contribution in [0.15, 0.2) is 30.3 Å². The summed E-state index contributed by atoms with van der Waals surface area (Å²) in [5.41, 5.74) is 0.840. The first-order valence-corrected chi connectivity index (χ1v) is 10.3. The van der Waals surface area contributed by atoms with Crippen LogP contribution >= 0.6 is 0 Å². The Kier molecular flexibility index (Phi) is 5.95. The molecule has 0 amide bonds. The molecular weight excluding hydrogens is 307 g/mol. The molecule has 1 atom stereocenters. The minimum atomic E-state index is -0.256. The predicted molar refractivity (Wildman–Crippen MR) is 106 cm³/mol. The van der Waals surface area contributed by atoms with Crippen molar-refractivity contribution in [2.24, 2.45) is 5.92 Å². The fourth-order valence-electron chi connectivity index (χ4n) is 4.32. The van der Waals surface area contributed by atoms with Crippen LogP contribution in [-0.2, 0) is 9.31 Å². The molecule has 1 aliphatic heterocycles. The first-order chi connectivity index (χ1) is 11.9. The van der Waals surface area contributed by atoms with Crippen LogP contribution in [0.25, 0.3) is 0 Å². The molecule has 0 aromatic heterocycles. The number of hydrogen-bond donors (Lipinski definition) is 0. The van der Waals surface area contributed by atoms with Gasteiger partial charge in [0, 0.05) is 5.82 Å². The summed E-state index contributed by atoms with van der Waals surface area (Å²) in [7, 11) is -0.140. The maximum atomic E-state index is 6.40. The fraction of sp³-hybridized carbons (Fsp3) is 0.727. The lowest BCUT2D eigenvalue weighted by Gasteiger charge is -2.32. The lowest BCUT2D eigenvalue weighted by molar-refractivity contribution is 0.00578. The van der Waals surface area contributed by atoms with Crippen LogP contribution < -0.4 is 0 Å². The average Bonchev–Trinajstić information content (AvgIpc) is 2.81. The van der Waals surface area contributed by atoms with E-state index in [0.717, 1.165) is 12.3 Å². The van der Waals surface area contributed by atoms with E-state index in [0.29, 0.717) is 5.82 Å². The summed E-state index contributed by atoms with van der Waals surface area (Å²) >= 11 is 0. The molecule has 2 aliphatic rings. The standard InChI is InChI=1S/C22H35BO2/c1-21(2)22(3,4)25-23(24-21)20(19-15-9-6-10-16-19)17-11-14-18-12-7-5-8-13-18/h6,9-10,15-16,18,20H,5,7-8,11-14,17H2,1-4H3/t20-/m0/s1. The zero-order chi connectivity index (χ0) is 17.9. The van der Waals surface area contributed by atoms with E-state index in [4.69, 9.17) is 9.31 Å². The Bertz CT molecular complexity index is 518. The Hall–Kier alpha value is -0.795. The van der Waals surface area contributed by atoms with Crippen LogP contribution in [0.2, 0.25) is 0 Å². The fourth-order valence-corrected chi connectivity index (χ4v) is 4.32. The quantitative estimate of drug-likeness (QED) is 0.577. The predicted octanol–water partition coefficient (Wildman–Crippen LogP) is 6.15. The normalized spacial score (nSPS) is 24.4. The zero-order valence-electron chi connectivity index (χ0n) is 16.6. The topological polar surface area (TPSA) is 18.5 Å². The van der Waals surface area contributed by atoms with E-state index in [1.54, 1.807) is 0 Å². The number of hydrogen-bond acceptors (Lipinski definition) is 2. The minimum Gasteiger partial charge on any atom is -0.403 e. The van der Waals surface area contributed by atoms with Gasteiger partial charge >= 0.3 is 7.12 Å². The summed E-state index contributed by atoms with van der Waals surface area (Å²) in [6, 6.07) is 10.8. The van der Waals surface area contributed by atoms with Crippen LogP contribution in [0, 0.1) is 5.92 Å². The molecule has 1 heterocycles. The third kappa shape index (κ3) is 4.49. The highest BCUT2D eigenvalue weighted by Gasteiger charge is 2.53. The second-order valence-corrected chi connectivity index (χ2v) is 9.08. The van der Waals surface area contributed by atoms with E-state index in [9.17, 15) is 0 Å². The molecule has 1 aromatic carbocycles. The van der Waals surface area contributed by atoms with Gasteiger partial charge in [0.15, 0.2) is 0 Å². The molecule has 0 N–H and O–H groups in total. The maximum absolute atomic E-state index is 6.40. The van der Waals surface area contributed by atoms with Gasteiger partial charge in [0.25, 0.3) is 0 Å². The zero-order valence-corrected chi connectivity index (χ0v) is 16.6. The maximum Gasteiger partial charge on any atom is 0.465 e. The summed E-state index contributed by atoms with van der Waals surface area (Å²) in [6.07, 6.45) is 11.0. The van der Waals surface area contributed by atoms with Crippen molar-refractivity contribution < 1.29 is 9.31 Å². The largest absolute Gasteiger partial charge is 0.465 e. The van der Waals surface area contributed by atoms with Gasteiger partial charge in [-0.25, -0.2) is 0 Å². The first-order valence-electron chi connectivity index (χ1n) is 10.3. The smallest absolute Gasteiger partial charge is 0.403 e. The van der Waals surface area contributed by atoms with Gasteiger partial charge in [-0.05, 0) is 45.6 Å². The highest BCUT2D eigenvalue weighted by Crippen LogP contribution is 2.42. The van der Waals surface area contributed by atoms with E-state index >= 15 is 0 Å². The van der Waals surface area contributed by atoms with Crippen LogP contribution in [-0.4, -0.2) is 18.3 Å². The van der Waals surface area contributed by atoms with E-state index in [1.807, 2.05) is 0 Å². The molecule has 1 aliphatic carbocycles. The third-order valence-corrected chi connectivity index (χ3v) is 6.68. The van der Waals surface area contributed by atoms with Crippen molar-refractivity contribution >= 4 is 7.12 Å². The van der Waals surface area contributed by atoms with Crippen molar-refractivity contribution in [1.82, 2.24) is 0 Å². The van der Waals surface area contributed by atoms with Gasteiger partial charge in [0.1, 0.15) is 0 Å². The summed E-state index contributed by atoms with van der Waals surface area (Å²) in [6.45, 7) is 8.60. The Morgan fingerprint density at radius 3 is 2.16 bits per heavy atom. The van der Waals surface area contributed by atoms with Crippen LogP contribution in [0.3, 0.4) is 0 Å². The summed E-state index contributed by atoms with van der Waals surface area (Å²) < 4.78 is 12.8. The van der Waals surface area contributed by atoms with Gasteiger partial charge in [-0.15, -0.1) is 0 Å². The van der Waals surface area contributed by atoms with Crippen molar-refractivity contribution in [3.8, 4) is 0 Å². The monoisotopic (exact) mass is 342 g/mol. The van der Waals surface area contributed by atoms with E-state index in [1.165, 1.54) is 50.5 Å². The van der Waals surface area contributed by atoms with Crippen LogP contribution in [0.1, 0.15) is 90.4 Å². The number of benzene rings is 1. The second kappa shape index (κ2) is 7.84. The highest BCUT2D eigenvalue weighted by atomic mass is 16.7. The summed E-state index contributed by atoms with van der Waals surface area (Å²) in [5.74, 6) is 1.27. The molecule has 3 rings (SSSR count). The van der Waals surface area contributed by atoms with E-state index in [-0.39, 0.29) is 18.3 Å². The molecule has 0 bridgehead atoms. The molecule has 2 nitrogen and oxygen atoms in total. The lowest BCUT2D eigenvalue weighted by atomic mass is 9.65. The van der Waals surface area contributed by atoms with Crippen molar-refractivity contribution in [2.75, 3.05) is 0 Å². The molecule has 2 fully saturated rings. The molecule has 1 saturated carbocycles. The molecule has 1 aromatic rings. The van der Waals surface area contributed by atoms with Crippen molar-refractivity contribution in [2.45, 2.75) is 96.1 Å². The molecule has 3 heteroatoms. The second-order valence-electron chi connectivity index (χ2n) is 9.08. The Morgan fingerprint density at radius 2 is 1.56 bits per heavy atom. The number of rotatable bonds is 6. The molecule has 0 spiro atoms. The first kappa shape index (κ1) is 19.0. The molecule has 138 valence electrons. The van der Waals surface area contributed by atoms with Gasteiger partial charge in [-0.1, -0.05) is 75.3 Å². The van der Waals surface area contributed by atoms with Crippen LogP contribution in [0.5, 0.6) is 0 Å². The Balaban J connectivity index is 1.66. The summed E-state index contributed by atoms with van der Waals surface area (Å²) in [4.78, 5) is 0. The van der Waals surface area contributed by atoms with Gasteiger partial charge in [-0.2, -0.15) is 0 Å². The molecule has 0 unspecified atom stereocenters. The van der Waals surface area contributed by atoms with Crippen molar-refractivity contribution in [3.63, 3.8) is 0 Å². The van der Waals surface area contributed by atoms with E-state index < -0.39 is 0 Å². The summed E-state index contributed by atoms with van der Waals surface area (Å²) in [5, 5.41) is 0. The third-order valence-electron chi connectivity index (χ3n) is 6.68. The lowest BCUT2D eigenvalue weighted by Crippen LogP contribution is -2.41. The van der Waals surface area contributed by atoms with Crippen LogP contribution in [0.4, 0.5) is 0 Å². The van der Waals surface area contributed by atoms with Gasteiger partial charge in [0.2, 0.25) is 0 Å². The molecular formula is C22H35BO2. The van der Waals surface area contributed by atoms with Gasteiger partial charge < -0.3 is 9.31 Å². The van der Waals surface area contributed by atoms with Gasteiger partial charge in [-0.3, -0.25) is 0 Å². The molecule has 1 saturated heterocycles. The SMILES string of the molecule is CC1(C)OB([C@@H](CCCC2CCCCC2)c2ccccc2)OC1(C)C. The van der Waals surface area contributed by atoms with Gasteiger partial charge in [0.05, 0.1) is 11.2 Å². The average molecular weight is 342 g/mol. The van der Waals surface area contributed by atoms with E-state index in [2.05, 4.69) is 58.0 Å². The molecule has 25 heavy (non-hydrogen) atoms. The Morgan fingerprint density at radius 1 is 0.960 bits per heavy atom. The van der Waals surface area contributed by atoms with Crippen molar-refractivity contribution in [3.05, 3.63) is 35.9 Å².